The Hall–Kier alpha value is -0.590. The maximum Gasteiger partial charge on any atom is 0.237 e. The minimum atomic E-state index is -3.32. The van der Waals surface area contributed by atoms with Crippen LogP contribution >= 0.6 is 15.9 Å². The highest BCUT2D eigenvalue weighted by atomic mass is 79.9. The second-order valence-electron chi connectivity index (χ2n) is 3.71. The lowest BCUT2D eigenvalue weighted by Crippen LogP contribution is -2.31. The van der Waals surface area contributed by atoms with Gasteiger partial charge in [0.05, 0.1) is 18.0 Å². The molecule has 0 N–H and O–H groups in total. The van der Waals surface area contributed by atoms with E-state index in [0.717, 1.165) is 10.0 Å². The molecular weight excluding hydrogens is 306 g/mol. The number of methoxy groups -OCH3 is 1. The number of aryl methyl sites for hydroxylation is 1. The zero-order valence-electron chi connectivity index (χ0n) is 10.1. The minimum absolute atomic E-state index is 0.0183. The van der Waals surface area contributed by atoms with E-state index in [1.165, 1.54) is 11.4 Å². The Labute approximate surface area is 111 Å². The van der Waals surface area contributed by atoms with Crippen molar-refractivity contribution in [1.29, 1.82) is 0 Å². The number of benzene rings is 1. The van der Waals surface area contributed by atoms with E-state index >= 15 is 0 Å². The van der Waals surface area contributed by atoms with Gasteiger partial charge in [-0.3, -0.25) is 4.31 Å². The minimum Gasteiger partial charge on any atom is -0.384 e. The van der Waals surface area contributed by atoms with Crippen LogP contribution in [0.4, 0.5) is 5.69 Å². The van der Waals surface area contributed by atoms with Gasteiger partial charge in [-0.05, 0) is 30.7 Å². The van der Waals surface area contributed by atoms with Gasteiger partial charge in [0.15, 0.2) is 0 Å². The quantitative estimate of drug-likeness (QED) is 0.835. The van der Waals surface area contributed by atoms with E-state index in [1.807, 2.05) is 19.1 Å². The van der Waals surface area contributed by atoms with E-state index in [1.54, 1.807) is 13.1 Å². The highest BCUT2D eigenvalue weighted by Crippen LogP contribution is 2.24. The number of nitrogens with zero attached hydrogens (tertiary/aromatic N) is 1. The molecule has 0 aliphatic rings. The number of hydrogen-bond acceptors (Lipinski definition) is 3. The predicted molar refractivity (Wildman–Crippen MR) is 72.9 cm³/mol. The maximum atomic E-state index is 12.0. The van der Waals surface area contributed by atoms with Gasteiger partial charge in [-0.2, -0.15) is 0 Å². The van der Waals surface area contributed by atoms with Crippen molar-refractivity contribution in [2.24, 2.45) is 0 Å². The van der Waals surface area contributed by atoms with Gasteiger partial charge in [-0.1, -0.05) is 15.9 Å². The lowest BCUT2D eigenvalue weighted by atomic mass is 10.2. The molecule has 4 nitrogen and oxygen atoms in total. The Bertz CT molecular complexity index is 487. The largest absolute Gasteiger partial charge is 0.384 e. The average Bonchev–Trinajstić information content (AvgIpc) is 2.25. The highest BCUT2D eigenvalue weighted by molar-refractivity contribution is 9.10. The summed E-state index contributed by atoms with van der Waals surface area (Å²) in [4.78, 5) is 0. The first-order valence-corrected chi connectivity index (χ1v) is 7.50. The average molecular weight is 322 g/mol. The van der Waals surface area contributed by atoms with Crippen molar-refractivity contribution in [3.05, 3.63) is 28.2 Å². The summed E-state index contributed by atoms with van der Waals surface area (Å²) in [6, 6.07) is 5.49. The van der Waals surface area contributed by atoms with Gasteiger partial charge >= 0.3 is 0 Å². The summed E-state index contributed by atoms with van der Waals surface area (Å²) in [7, 11) is -0.275. The molecule has 96 valence electrons. The molecule has 0 unspecified atom stereocenters. The fourth-order valence-corrected chi connectivity index (χ4v) is 3.08. The third-order valence-corrected chi connectivity index (χ3v) is 4.67. The van der Waals surface area contributed by atoms with Crippen LogP contribution in [0.2, 0.25) is 0 Å². The SMILES string of the molecule is COCCS(=O)(=O)N(C)c1ccc(Br)cc1C. The molecule has 0 spiro atoms. The standard InChI is InChI=1S/C11H16BrNO3S/c1-9-8-10(12)4-5-11(9)13(2)17(14,15)7-6-16-3/h4-5,8H,6-7H2,1-3H3. The number of sulfonamides is 1. The molecule has 17 heavy (non-hydrogen) atoms. The Balaban J connectivity index is 2.99. The van der Waals surface area contributed by atoms with Gasteiger partial charge in [0.25, 0.3) is 0 Å². The molecule has 1 aromatic rings. The molecular formula is C11H16BrNO3S. The molecule has 0 heterocycles. The highest BCUT2D eigenvalue weighted by Gasteiger charge is 2.19. The Kier molecular flexibility index (Phi) is 4.97. The van der Waals surface area contributed by atoms with Crippen molar-refractivity contribution in [2.45, 2.75) is 6.92 Å². The molecule has 0 aromatic heterocycles. The lowest BCUT2D eigenvalue weighted by molar-refractivity contribution is 0.217. The van der Waals surface area contributed by atoms with Crippen LogP contribution in [0.1, 0.15) is 5.56 Å². The first-order chi connectivity index (χ1) is 7.88. The summed E-state index contributed by atoms with van der Waals surface area (Å²) in [5, 5.41) is 0. The number of hydrogen-bond donors (Lipinski definition) is 0. The molecule has 1 rings (SSSR count). The van der Waals surface area contributed by atoms with E-state index in [2.05, 4.69) is 15.9 Å². The van der Waals surface area contributed by atoms with Crippen LogP contribution in [0.15, 0.2) is 22.7 Å². The van der Waals surface area contributed by atoms with Crippen LogP contribution < -0.4 is 4.31 Å². The molecule has 0 aliphatic heterocycles. The van der Waals surface area contributed by atoms with E-state index < -0.39 is 10.0 Å². The number of rotatable bonds is 5. The molecule has 0 bridgehead atoms. The van der Waals surface area contributed by atoms with Crippen molar-refractivity contribution in [3.63, 3.8) is 0 Å². The summed E-state index contributed by atoms with van der Waals surface area (Å²) >= 11 is 3.35. The monoisotopic (exact) mass is 321 g/mol. The van der Waals surface area contributed by atoms with Crippen LogP contribution in [0, 0.1) is 6.92 Å². The normalized spacial score (nSPS) is 11.5. The fraction of sp³-hybridized carbons (Fsp3) is 0.455. The van der Waals surface area contributed by atoms with E-state index in [-0.39, 0.29) is 12.4 Å². The fourth-order valence-electron chi connectivity index (χ4n) is 1.45. The zero-order chi connectivity index (χ0) is 13.1. The van der Waals surface area contributed by atoms with Gasteiger partial charge in [-0.25, -0.2) is 8.42 Å². The van der Waals surface area contributed by atoms with E-state index in [0.29, 0.717) is 5.69 Å². The van der Waals surface area contributed by atoms with Crippen LogP contribution in [0.3, 0.4) is 0 Å². The topological polar surface area (TPSA) is 46.6 Å². The molecule has 0 aliphatic carbocycles. The Morgan fingerprint density at radius 3 is 2.59 bits per heavy atom. The molecule has 0 amide bonds. The third-order valence-electron chi connectivity index (χ3n) is 2.46. The van der Waals surface area contributed by atoms with Crippen LogP contribution in [-0.2, 0) is 14.8 Å². The number of ether oxygens (including phenoxy) is 1. The van der Waals surface area contributed by atoms with Gasteiger partial charge in [0.2, 0.25) is 10.0 Å². The second-order valence-corrected chi connectivity index (χ2v) is 6.74. The number of anilines is 1. The summed E-state index contributed by atoms with van der Waals surface area (Å²) in [5.74, 6) is -0.0183. The van der Waals surface area contributed by atoms with E-state index in [4.69, 9.17) is 4.74 Å². The van der Waals surface area contributed by atoms with Crippen LogP contribution in [0.25, 0.3) is 0 Å². The molecule has 6 heteroatoms. The molecule has 1 aromatic carbocycles. The van der Waals surface area contributed by atoms with Crippen LogP contribution in [-0.4, -0.2) is 34.9 Å². The maximum absolute atomic E-state index is 12.0. The van der Waals surface area contributed by atoms with Crippen molar-refractivity contribution in [1.82, 2.24) is 0 Å². The van der Waals surface area contributed by atoms with Crippen molar-refractivity contribution in [3.8, 4) is 0 Å². The van der Waals surface area contributed by atoms with Crippen molar-refractivity contribution >= 4 is 31.6 Å². The molecule has 0 atom stereocenters. The first kappa shape index (κ1) is 14.5. The van der Waals surface area contributed by atoms with Crippen molar-refractivity contribution in [2.75, 3.05) is 30.8 Å². The Morgan fingerprint density at radius 1 is 1.41 bits per heavy atom. The van der Waals surface area contributed by atoms with Crippen LogP contribution in [0.5, 0.6) is 0 Å². The lowest BCUT2D eigenvalue weighted by Gasteiger charge is -2.21. The van der Waals surface area contributed by atoms with Gasteiger partial charge < -0.3 is 4.74 Å². The number of halogens is 1. The summed E-state index contributed by atoms with van der Waals surface area (Å²) < 4.78 is 31.0. The smallest absolute Gasteiger partial charge is 0.237 e. The Morgan fingerprint density at radius 2 is 2.06 bits per heavy atom. The van der Waals surface area contributed by atoms with Gasteiger partial charge in [-0.15, -0.1) is 0 Å². The summed E-state index contributed by atoms with van der Waals surface area (Å²) in [5.41, 5.74) is 1.59. The molecule has 0 saturated heterocycles. The summed E-state index contributed by atoms with van der Waals surface area (Å²) in [6.45, 7) is 2.07. The third kappa shape index (κ3) is 3.69. The van der Waals surface area contributed by atoms with E-state index in [9.17, 15) is 8.42 Å². The molecule has 0 radical (unpaired) electrons. The zero-order valence-corrected chi connectivity index (χ0v) is 12.5. The van der Waals surface area contributed by atoms with Gasteiger partial charge in [0.1, 0.15) is 0 Å². The van der Waals surface area contributed by atoms with Crippen molar-refractivity contribution < 1.29 is 13.2 Å². The second kappa shape index (κ2) is 5.84. The summed E-state index contributed by atoms with van der Waals surface area (Å²) in [6.07, 6.45) is 0. The first-order valence-electron chi connectivity index (χ1n) is 5.10. The predicted octanol–water partition coefficient (Wildman–Crippen LogP) is 2.17. The molecule has 0 fully saturated rings. The van der Waals surface area contributed by atoms with Gasteiger partial charge in [0, 0.05) is 18.6 Å². The molecule has 0 saturated carbocycles.